The summed E-state index contributed by atoms with van der Waals surface area (Å²) in [5.41, 5.74) is 3.28. The molecule has 0 amide bonds. The SMILES string of the molecule is CC(C)(C)c1ccc(-c2cccc(=O)[nH]2)cc1. The standard InChI is InChI=1S/C15H17NO/c1-15(2,3)12-9-7-11(8-10-12)13-5-4-6-14(17)16-13/h4-10H,1-3H3,(H,16,17). The van der Waals surface area contributed by atoms with Gasteiger partial charge in [0.25, 0.3) is 0 Å². The minimum atomic E-state index is -0.0672. The average Bonchev–Trinajstić information content (AvgIpc) is 2.28. The van der Waals surface area contributed by atoms with Crippen molar-refractivity contribution in [3.63, 3.8) is 0 Å². The summed E-state index contributed by atoms with van der Waals surface area (Å²) in [7, 11) is 0. The van der Waals surface area contributed by atoms with Crippen LogP contribution in [0.1, 0.15) is 26.3 Å². The Morgan fingerprint density at radius 1 is 0.941 bits per heavy atom. The first-order valence-corrected chi connectivity index (χ1v) is 5.77. The largest absolute Gasteiger partial charge is 0.322 e. The zero-order chi connectivity index (χ0) is 12.5. The van der Waals surface area contributed by atoms with Crippen LogP contribution in [-0.4, -0.2) is 4.98 Å². The van der Waals surface area contributed by atoms with Gasteiger partial charge in [-0.2, -0.15) is 0 Å². The van der Waals surface area contributed by atoms with Crippen LogP contribution in [-0.2, 0) is 5.41 Å². The molecule has 1 N–H and O–H groups in total. The van der Waals surface area contributed by atoms with Crippen molar-refractivity contribution < 1.29 is 0 Å². The van der Waals surface area contributed by atoms with Crippen LogP contribution in [0.5, 0.6) is 0 Å². The van der Waals surface area contributed by atoms with Crippen molar-refractivity contribution in [1.82, 2.24) is 4.98 Å². The molecule has 1 aromatic carbocycles. The fourth-order valence-corrected chi connectivity index (χ4v) is 1.77. The topological polar surface area (TPSA) is 32.9 Å². The number of H-pyrrole nitrogens is 1. The van der Waals surface area contributed by atoms with Gasteiger partial charge >= 0.3 is 0 Å². The van der Waals surface area contributed by atoms with E-state index >= 15 is 0 Å². The van der Waals surface area contributed by atoms with Crippen molar-refractivity contribution in [2.45, 2.75) is 26.2 Å². The van der Waals surface area contributed by atoms with E-state index in [0.717, 1.165) is 11.3 Å². The van der Waals surface area contributed by atoms with E-state index in [1.54, 1.807) is 6.07 Å². The third-order valence-electron chi connectivity index (χ3n) is 2.83. The molecule has 0 bridgehead atoms. The van der Waals surface area contributed by atoms with E-state index in [-0.39, 0.29) is 11.0 Å². The molecular formula is C15H17NO. The van der Waals surface area contributed by atoms with Gasteiger partial charge in [0.1, 0.15) is 0 Å². The van der Waals surface area contributed by atoms with Crippen LogP contribution in [0.25, 0.3) is 11.3 Å². The van der Waals surface area contributed by atoms with E-state index < -0.39 is 0 Å². The molecule has 2 heteroatoms. The fraction of sp³-hybridized carbons (Fsp3) is 0.267. The maximum absolute atomic E-state index is 11.2. The Balaban J connectivity index is 2.39. The van der Waals surface area contributed by atoms with Gasteiger partial charge < -0.3 is 4.98 Å². The molecule has 0 aliphatic heterocycles. The summed E-state index contributed by atoms with van der Waals surface area (Å²) in [6, 6.07) is 13.5. The van der Waals surface area contributed by atoms with Crippen LogP contribution in [0.4, 0.5) is 0 Å². The molecule has 0 aliphatic rings. The first kappa shape index (κ1) is 11.6. The molecule has 0 aliphatic carbocycles. The smallest absolute Gasteiger partial charge is 0.248 e. The van der Waals surface area contributed by atoms with Crippen molar-refractivity contribution in [2.75, 3.05) is 0 Å². The number of aromatic nitrogens is 1. The van der Waals surface area contributed by atoms with Crippen molar-refractivity contribution in [1.29, 1.82) is 0 Å². The number of hydrogen-bond acceptors (Lipinski definition) is 1. The molecule has 0 unspecified atom stereocenters. The lowest BCUT2D eigenvalue weighted by Gasteiger charge is -2.19. The van der Waals surface area contributed by atoms with Crippen molar-refractivity contribution in [3.8, 4) is 11.3 Å². The van der Waals surface area contributed by atoms with E-state index in [0.29, 0.717) is 0 Å². The molecule has 0 spiro atoms. The molecule has 88 valence electrons. The molecular weight excluding hydrogens is 210 g/mol. The van der Waals surface area contributed by atoms with Crippen LogP contribution < -0.4 is 5.56 Å². The lowest BCUT2D eigenvalue weighted by Crippen LogP contribution is -2.10. The zero-order valence-electron chi connectivity index (χ0n) is 10.4. The van der Waals surface area contributed by atoms with E-state index in [2.05, 4.69) is 37.9 Å². The summed E-state index contributed by atoms with van der Waals surface area (Å²) in [5.74, 6) is 0. The number of benzene rings is 1. The van der Waals surface area contributed by atoms with Crippen LogP contribution in [0.2, 0.25) is 0 Å². The number of pyridine rings is 1. The Bertz CT molecular complexity index is 558. The number of hydrogen-bond donors (Lipinski definition) is 1. The minimum Gasteiger partial charge on any atom is -0.322 e. The highest BCUT2D eigenvalue weighted by Gasteiger charge is 2.12. The maximum atomic E-state index is 11.2. The molecule has 1 heterocycles. The van der Waals surface area contributed by atoms with Crippen LogP contribution in [0.15, 0.2) is 47.3 Å². The van der Waals surface area contributed by atoms with Gasteiger partial charge in [0.05, 0.1) is 0 Å². The monoisotopic (exact) mass is 227 g/mol. The normalized spacial score (nSPS) is 11.5. The Morgan fingerprint density at radius 2 is 1.59 bits per heavy atom. The molecule has 0 saturated heterocycles. The second-order valence-electron chi connectivity index (χ2n) is 5.26. The van der Waals surface area contributed by atoms with Gasteiger partial charge in [-0.3, -0.25) is 4.79 Å². The fourth-order valence-electron chi connectivity index (χ4n) is 1.77. The third kappa shape index (κ3) is 2.64. The van der Waals surface area contributed by atoms with E-state index in [1.165, 1.54) is 11.6 Å². The molecule has 2 nitrogen and oxygen atoms in total. The Kier molecular flexibility index (Phi) is 2.88. The van der Waals surface area contributed by atoms with Crippen molar-refractivity contribution >= 4 is 0 Å². The van der Waals surface area contributed by atoms with E-state index in [9.17, 15) is 4.79 Å². The minimum absolute atomic E-state index is 0.0672. The summed E-state index contributed by atoms with van der Waals surface area (Å²) in [4.78, 5) is 14.1. The molecule has 17 heavy (non-hydrogen) atoms. The van der Waals surface area contributed by atoms with Gasteiger partial charge in [0, 0.05) is 11.8 Å². The van der Waals surface area contributed by atoms with Crippen LogP contribution >= 0.6 is 0 Å². The van der Waals surface area contributed by atoms with Gasteiger partial charge in [-0.1, -0.05) is 51.1 Å². The quantitative estimate of drug-likeness (QED) is 0.796. The van der Waals surface area contributed by atoms with Crippen molar-refractivity contribution in [3.05, 3.63) is 58.4 Å². The molecule has 0 saturated carbocycles. The molecule has 2 rings (SSSR count). The van der Waals surface area contributed by atoms with Crippen LogP contribution in [0.3, 0.4) is 0 Å². The summed E-state index contributed by atoms with van der Waals surface area (Å²) in [6.45, 7) is 6.56. The third-order valence-corrected chi connectivity index (χ3v) is 2.83. The summed E-state index contributed by atoms with van der Waals surface area (Å²) < 4.78 is 0. The molecule has 0 atom stereocenters. The Hall–Kier alpha value is -1.83. The highest BCUT2D eigenvalue weighted by molar-refractivity contribution is 5.59. The Morgan fingerprint density at radius 3 is 2.12 bits per heavy atom. The maximum Gasteiger partial charge on any atom is 0.248 e. The predicted octanol–water partition coefficient (Wildman–Crippen LogP) is 3.34. The van der Waals surface area contributed by atoms with Gasteiger partial charge in [-0.05, 0) is 22.6 Å². The van der Waals surface area contributed by atoms with Gasteiger partial charge in [-0.25, -0.2) is 0 Å². The zero-order valence-corrected chi connectivity index (χ0v) is 10.4. The summed E-state index contributed by atoms with van der Waals surface area (Å²) in [5, 5.41) is 0. The van der Waals surface area contributed by atoms with Gasteiger partial charge in [0.15, 0.2) is 0 Å². The lowest BCUT2D eigenvalue weighted by molar-refractivity contribution is 0.590. The summed E-state index contributed by atoms with van der Waals surface area (Å²) >= 11 is 0. The Labute approximate surface area is 101 Å². The number of rotatable bonds is 1. The molecule has 2 aromatic rings. The molecule has 0 radical (unpaired) electrons. The van der Waals surface area contributed by atoms with Gasteiger partial charge in [-0.15, -0.1) is 0 Å². The van der Waals surface area contributed by atoms with Gasteiger partial charge in [0.2, 0.25) is 5.56 Å². The number of aromatic amines is 1. The second kappa shape index (κ2) is 4.21. The average molecular weight is 227 g/mol. The summed E-state index contributed by atoms with van der Waals surface area (Å²) in [6.07, 6.45) is 0. The molecule has 1 aromatic heterocycles. The van der Waals surface area contributed by atoms with E-state index in [1.807, 2.05) is 18.2 Å². The van der Waals surface area contributed by atoms with Crippen molar-refractivity contribution in [2.24, 2.45) is 0 Å². The predicted molar refractivity (Wildman–Crippen MR) is 71.2 cm³/mol. The van der Waals surface area contributed by atoms with Crippen LogP contribution in [0, 0.1) is 0 Å². The highest BCUT2D eigenvalue weighted by Crippen LogP contribution is 2.24. The number of nitrogens with one attached hydrogen (secondary N) is 1. The van der Waals surface area contributed by atoms with E-state index in [4.69, 9.17) is 0 Å². The highest BCUT2D eigenvalue weighted by atomic mass is 16.1. The first-order valence-electron chi connectivity index (χ1n) is 5.77. The second-order valence-corrected chi connectivity index (χ2v) is 5.26. The molecule has 0 fully saturated rings. The lowest BCUT2D eigenvalue weighted by atomic mass is 9.86. The first-order chi connectivity index (χ1) is 7.97.